The molecule has 0 aromatic carbocycles. The number of phosphoric ester groups is 2. The van der Waals surface area contributed by atoms with Crippen LogP contribution in [0.15, 0.2) is 0 Å². The molecule has 91 heavy (non-hydrogen) atoms. The standard InChI is InChI=1S/C72H140O17P2/c1-8-10-11-12-13-14-15-16-17-18-19-20-21-26-33-41-48-55-71(76)88-67(59-82-69(74)53-46-39-32-25-23-22-24-31-38-45-52-65(7)9-2)61-86-90(78,79)84-57-66(73)58-85-91(80,81)87-62-68(89-72(77)56-49-42-35-28-30-37-44-51-64(5)6)60-83-70(75)54-47-40-34-27-29-36-43-50-63(3)4/h63-68,73H,8-62H2,1-7H3,(H,78,79)(H,80,81)/t65?,66-,67-,68-/m1/s1. The summed E-state index contributed by atoms with van der Waals surface area (Å²) in [5, 5.41) is 10.6. The highest BCUT2D eigenvalue weighted by molar-refractivity contribution is 7.47. The first-order valence-corrected chi connectivity index (χ1v) is 40.4. The van der Waals surface area contributed by atoms with Crippen molar-refractivity contribution in [2.24, 2.45) is 17.8 Å². The van der Waals surface area contributed by atoms with Gasteiger partial charge in [-0.25, -0.2) is 9.13 Å². The van der Waals surface area contributed by atoms with Crippen LogP contribution in [-0.2, 0) is 65.4 Å². The van der Waals surface area contributed by atoms with E-state index in [0.717, 1.165) is 102 Å². The molecule has 0 bridgehead atoms. The van der Waals surface area contributed by atoms with E-state index >= 15 is 0 Å². The number of esters is 4. The predicted molar refractivity (Wildman–Crippen MR) is 368 cm³/mol. The second kappa shape index (κ2) is 62.8. The summed E-state index contributed by atoms with van der Waals surface area (Å²) in [4.78, 5) is 72.6. The highest BCUT2D eigenvalue weighted by atomic mass is 31.2. The number of carbonyl (C=O) groups excluding carboxylic acids is 4. The Hall–Kier alpha value is -1.94. The van der Waals surface area contributed by atoms with Crippen LogP contribution in [0, 0.1) is 17.8 Å². The van der Waals surface area contributed by atoms with Gasteiger partial charge in [0.05, 0.1) is 26.4 Å². The van der Waals surface area contributed by atoms with E-state index in [-0.39, 0.29) is 25.7 Å². The zero-order chi connectivity index (χ0) is 67.3. The lowest BCUT2D eigenvalue weighted by molar-refractivity contribution is -0.161. The summed E-state index contributed by atoms with van der Waals surface area (Å²) in [7, 11) is -9.90. The second-order valence-corrected chi connectivity index (χ2v) is 30.1. The number of unbranched alkanes of at least 4 members (excludes halogenated alkanes) is 37. The number of ether oxygens (including phenoxy) is 4. The minimum absolute atomic E-state index is 0.103. The molecule has 0 radical (unpaired) electrons. The van der Waals surface area contributed by atoms with Crippen LogP contribution in [0.25, 0.3) is 0 Å². The van der Waals surface area contributed by atoms with Crippen LogP contribution in [0.3, 0.4) is 0 Å². The zero-order valence-corrected chi connectivity index (χ0v) is 61.1. The first kappa shape index (κ1) is 89.1. The van der Waals surface area contributed by atoms with Gasteiger partial charge in [-0.2, -0.15) is 0 Å². The van der Waals surface area contributed by atoms with E-state index < -0.39 is 97.5 Å². The van der Waals surface area contributed by atoms with E-state index in [0.29, 0.717) is 37.5 Å². The third kappa shape index (κ3) is 65.1. The fraction of sp³-hybridized carbons (Fsp3) is 0.944. The minimum Gasteiger partial charge on any atom is -0.462 e. The molecule has 0 aromatic heterocycles. The topological polar surface area (TPSA) is 237 Å². The summed E-state index contributed by atoms with van der Waals surface area (Å²) >= 11 is 0. The van der Waals surface area contributed by atoms with Crippen LogP contribution >= 0.6 is 15.6 Å². The molecule has 0 aliphatic carbocycles. The summed E-state index contributed by atoms with van der Waals surface area (Å²) in [5.74, 6) is 0.0841. The van der Waals surface area contributed by atoms with E-state index in [9.17, 15) is 43.2 Å². The largest absolute Gasteiger partial charge is 0.472 e. The molecule has 0 aliphatic heterocycles. The van der Waals surface area contributed by atoms with E-state index in [1.54, 1.807) is 0 Å². The molecule has 3 N–H and O–H groups in total. The molecule has 19 heteroatoms. The van der Waals surface area contributed by atoms with Crippen LogP contribution in [0.1, 0.15) is 363 Å². The van der Waals surface area contributed by atoms with Crippen molar-refractivity contribution in [3.63, 3.8) is 0 Å². The van der Waals surface area contributed by atoms with Gasteiger partial charge >= 0.3 is 39.5 Å². The third-order valence-electron chi connectivity index (χ3n) is 17.0. The predicted octanol–water partition coefficient (Wildman–Crippen LogP) is 20.6. The highest BCUT2D eigenvalue weighted by Crippen LogP contribution is 2.45. The fourth-order valence-corrected chi connectivity index (χ4v) is 12.4. The molecular weight excluding hydrogens is 1200 g/mol. The normalized spacial score (nSPS) is 14.5. The Bertz CT molecular complexity index is 1790. The van der Waals surface area contributed by atoms with E-state index in [2.05, 4.69) is 48.5 Å². The minimum atomic E-state index is -4.95. The highest BCUT2D eigenvalue weighted by Gasteiger charge is 2.30. The SMILES string of the molecule is CCCCCCCCCCCCCCCCCCCC(=O)O[C@H](COC(=O)CCCCCCCCCCCCC(C)CC)COP(=O)(O)OC[C@@H](O)COP(=O)(O)OC[C@@H](COC(=O)CCCCCCCCCC(C)C)OC(=O)CCCCCCCCCC(C)C. The van der Waals surface area contributed by atoms with Gasteiger partial charge in [0.1, 0.15) is 19.3 Å². The lowest BCUT2D eigenvalue weighted by atomic mass is 9.99. The number of phosphoric acid groups is 2. The van der Waals surface area contributed by atoms with Gasteiger partial charge in [-0.1, -0.05) is 312 Å². The third-order valence-corrected chi connectivity index (χ3v) is 18.9. The van der Waals surface area contributed by atoms with Gasteiger partial charge in [0, 0.05) is 25.7 Å². The summed E-state index contributed by atoms with van der Waals surface area (Å²) in [6.45, 7) is 11.8. The molecule has 6 atom stereocenters. The molecular formula is C72H140O17P2. The molecule has 0 aliphatic rings. The first-order chi connectivity index (χ1) is 43.8. The van der Waals surface area contributed by atoms with E-state index in [1.807, 2.05) is 0 Å². The number of carbonyl (C=O) groups is 4. The molecule has 3 unspecified atom stereocenters. The van der Waals surface area contributed by atoms with Crippen molar-refractivity contribution < 1.29 is 80.2 Å². The van der Waals surface area contributed by atoms with Gasteiger partial charge in [0.2, 0.25) is 0 Å². The van der Waals surface area contributed by atoms with Gasteiger partial charge in [-0.3, -0.25) is 37.3 Å². The van der Waals surface area contributed by atoms with Crippen molar-refractivity contribution in [2.45, 2.75) is 381 Å². The Morgan fingerprint density at radius 2 is 0.560 bits per heavy atom. The average molecular weight is 1340 g/mol. The molecule has 0 saturated heterocycles. The Morgan fingerprint density at radius 1 is 0.319 bits per heavy atom. The van der Waals surface area contributed by atoms with Crippen LogP contribution in [-0.4, -0.2) is 96.7 Å². The summed E-state index contributed by atoms with van der Waals surface area (Å²) in [6, 6.07) is 0. The number of hydrogen-bond donors (Lipinski definition) is 3. The molecule has 0 amide bonds. The number of rotatable bonds is 70. The average Bonchev–Trinajstić information content (AvgIpc) is 3.46. The number of aliphatic hydroxyl groups excluding tert-OH is 1. The maximum Gasteiger partial charge on any atom is 0.472 e. The zero-order valence-electron chi connectivity index (χ0n) is 59.3. The maximum atomic E-state index is 13.0. The van der Waals surface area contributed by atoms with Gasteiger partial charge in [-0.05, 0) is 43.4 Å². The first-order valence-electron chi connectivity index (χ1n) is 37.4. The summed E-state index contributed by atoms with van der Waals surface area (Å²) in [5.41, 5.74) is 0. The Kier molecular flexibility index (Phi) is 61.5. The Morgan fingerprint density at radius 3 is 0.835 bits per heavy atom. The van der Waals surface area contributed by atoms with Crippen molar-refractivity contribution in [3.8, 4) is 0 Å². The van der Waals surface area contributed by atoms with Crippen LogP contribution < -0.4 is 0 Å². The fourth-order valence-electron chi connectivity index (χ4n) is 10.9. The molecule has 0 spiro atoms. The summed E-state index contributed by atoms with van der Waals surface area (Å²) < 4.78 is 68.3. The van der Waals surface area contributed by atoms with Crippen LogP contribution in [0.2, 0.25) is 0 Å². The van der Waals surface area contributed by atoms with E-state index in [1.165, 1.54) is 167 Å². The molecule has 540 valence electrons. The lowest BCUT2D eigenvalue weighted by Gasteiger charge is -2.21. The molecule has 0 rings (SSSR count). The quantitative estimate of drug-likeness (QED) is 0.0222. The Balaban J connectivity index is 5.24. The van der Waals surface area contributed by atoms with Crippen molar-refractivity contribution in [3.05, 3.63) is 0 Å². The molecule has 0 aromatic rings. The van der Waals surface area contributed by atoms with Gasteiger partial charge in [0.25, 0.3) is 0 Å². The van der Waals surface area contributed by atoms with Gasteiger partial charge in [-0.15, -0.1) is 0 Å². The summed E-state index contributed by atoms with van der Waals surface area (Å²) in [6.07, 6.45) is 47.3. The number of aliphatic hydroxyl groups is 1. The van der Waals surface area contributed by atoms with E-state index in [4.69, 9.17) is 37.0 Å². The van der Waals surface area contributed by atoms with Gasteiger partial charge < -0.3 is 33.8 Å². The van der Waals surface area contributed by atoms with Crippen molar-refractivity contribution in [1.82, 2.24) is 0 Å². The molecule has 0 saturated carbocycles. The smallest absolute Gasteiger partial charge is 0.462 e. The van der Waals surface area contributed by atoms with Gasteiger partial charge in [0.15, 0.2) is 12.2 Å². The number of hydrogen-bond acceptors (Lipinski definition) is 15. The molecule has 0 fully saturated rings. The molecule has 17 nitrogen and oxygen atoms in total. The Labute approximate surface area is 556 Å². The second-order valence-electron chi connectivity index (χ2n) is 27.2. The lowest BCUT2D eigenvalue weighted by Crippen LogP contribution is -2.30. The van der Waals surface area contributed by atoms with Crippen molar-refractivity contribution in [1.29, 1.82) is 0 Å². The van der Waals surface area contributed by atoms with Crippen LogP contribution in [0.4, 0.5) is 0 Å². The van der Waals surface area contributed by atoms with Crippen molar-refractivity contribution >= 4 is 39.5 Å². The monoisotopic (exact) mass is 1340 g/mol. The van der Waals surface area contributed by atoms with Crippen molar-refractivity contribution in [2.75, 3.05) is 39.6 Å². The molecule has 0 heterocycles. The van der Waals surface area contributed by atoms with Crippen LogP contribution in [0.5, 0.6) is 0 Å². The maximum absolute atomic E-state index is 13.0.